The van der Waals surface area contributed by atoms with E-state index in [2.05, 4.69) is 39.7 Å². The molecule has 0 bridgehead atoms. The average molecular weight is 481 g/mol. The number of carboxylic acids is 1. The number of carbonyl (C=O) groups is 2. The zero-order valence-electron chi connectivity index (χ0n) is 19.4. The highest BCUT2D eigenvalue weighted by atomic mass is 16.5. The molecule has 0 saturated carbocycles. The number of aliphatic carboxylic acids is 1. The second-order valence-electron chi connectivity index (χ2n) is 9.08. The number of hydrogen-bond donors (Lipinski definition) is 2. The number of nitrogens with one attached hydrogen (secondary N) is 1. The summed E-state index contributed by atoms with van der Waals surface area (Å²) in [6.45, 7) is 0.870. The van der Waals surface area contributed by atoms with Crippen LogP contribution in [-0.4, -0.2) is 38.5 Å². The molecular weight excluding hydrogens is 456 g/mol. The van der Waals surface area contributed by atoms with E-state index in [1.54, 1.807) is 22.9 Å². The number of carboxylic acid groups (broad SMARTS) is 1. The fraction of sp³-hybridized carbons (Fsp3) is 0.214. The lowest BCUT2D eigenvalue weighted by Crippen LogP contribution is -2.22. The summed E-state index contributed by atoms with van der Waals surface area (Å²) in [6.07, 6.45) is 0.754. The molecule has 0 fully saturated rings. The van der Waals surface area contributed by atoms with Crippen LogP contribution < -0.4 is 5.32 Å². The van der Waals surface area contributed by atoms with E-state index in [9.17, 15) is 14.7 Å². The van der Waals surface area contributed by atoms with Gasteiger partial charge in [-0.3, -0.25) is 10.1 Å². The van der Waals surface area contributed by atoms with Crippen LogP contribution in [0.2, 0.25) is 0 Å². The molecule has 2 N–H and O–H groups in total. The summed E-state index contributed by atoms with van der Waals surface area (Å²) in [5, 5.41) is 16.8. The van der Waals surface area contributed by atoms with Crippen molar-refractivity contribution in [2.24, 2.45) is 0 Å². The van der Waals surface area contributed by atoms with Crippen molar-refractivity contribution in [1.82, 2.24) is 14.8 Å². The minimum Gasteiger partial charge on any atom is -0.481 e. The summed E-state index contributed by atoms with van der Waals surface area (Å²) in [5.74, 6) is -0.645. The van der Waals surface area contributed by atoms with Gasteiger partial charge in [-0.1, -0.05) is 60.7 Å². The summed E-state index contributed by atoms with van der Waals surface area (Å²) in [4.78, 5) is 28.8. The first-order chi connectivity index (χ1) is 17.6. The Hall–Kier alpha value is -4.46. The van der Waals surface area contributed by atoms with Gasteiger partial charge in [0.25, 0.3) is 0 Å². The highest BCUT2D eigenvalue weighted by molar-refractivity contribution is 5.86. The predicted octanol–water partition coefficient (Wildman–Crippen LogP) is 5.27. The molecule has 180 valence electrons. The molecule has 4 aromatic rings. The molecule has 1 aliphatic heterocycles. The SMILES string of the molecule is O=C(Nc1cccc(-c2nc3n(n2)CCCC3C(=O)O)c1)OCC1c2ccccc2-c2ccccc21. The molecule has 1 atom stereocenters. The molecule has 0 radical (unpaired) electrons. The number of fused-ring (bicyclic) bond motifs is 4. The molecule has 3 aromatic carbocycles. The smallest absolute Gasteiger partial charge is 0.411 e. The predicted molar refractivity (Wildman–Crippen MR) is 134 cm³/mol. The minimum absolute atomic E-state index is 0.0160. The van der Waals surface area contributed by atoms with Crippen LogP contribution in [0.3, 0.4) is 0 Å². The van der Waals surface area contributed by atoms with Crippen molar-refractivity contribution in [3.05, 3.63) is 89.7 Å². The molecule has 6 rings (SSSR count). The number of ether oxygens (including phenoxy) is 1. The number of aromatic nitrogens is 3. The normalized spacial score (nSPS) is 16.1. The van der Waals surface area contributed by atoms with Gasteiger partial charge in [0.2, 0.25) is 0 Å². The third kappa shape index (κ3) is 3.90. The number of hydrogen-bond acceptors (Lipinski definition) is 5. The van der Waals surface area contributed by atoms with Crippen LogP contribution in [0.15, 0.2) is 72.8 Å². The Labute approximate surface area is 207 Å². The third-order valence-electron chi connectivity index (χ3n) is 6.88. The van der Waals surface area contributed by atoms with Gasteiger partial charge in [0.15, 0.2) is 5.82 Å². The van der Waals surface area contributed by atoms with Gasteiger partial charge in [-0.25, -0.2) is 14.5 Å². The number of aryl methyl sites for hydroxylation is 1. The minimum atomic E-state index is -0.888. The van der Waals surface area contributed by atoms with Crippen molar-refractivity contribution in [1.29, 1.82) is 0 Å². The lowest BCUT2D eigenvalue weighted by atomic mass is 9.98. The van der Waals surface area contributed by atoms with Crippen LogP contribution >= 0.6 is 0 Å². The maximum absolute atomic E-state index is 12.7. The van der Waals surface area contributed by atoms with E-state index in [1.807, 2.05) is 30.3 Å². The van der Waals surface area contributed by atoms with Crippen LogP contribution in [0.1, 0.15) is 41.6 Å². The van der Waals surface area contributed by atoms with Crippen molar-refractivity contribution < 1.29 is 19.4 Å². The quantitative estimate of drug-likeness (QED) is 0.403. The second-order valence-corrected chi connectivity index (χ2v) is 9.08. The van der Waals surface area contributed by atoms with Crippen LogP contribution in [0.4, 0.5) is 10.5 Å². The largest absolute Gasteiger partial charge is 0.481 e. The molecule has 2 heterocycles. The summed E-state index contributed by atoms with van der Waals surface area (Å²) < 4.78 is 7.32. The first-order valence-corrected chi connectivity index (χ1v) is 12.0. The Balaban J connectivity index is 1.16. The van der Waals surface area contributed by atoms with Crippen molar-refractivity contribution in [2.45, 2.75) is 31.2 Å². The number of rotatable bonds is 5. The van der Waals surface area contributed by atoms with Gasteiger partial charge in [0.1, 0.15) is 18.3 Å². The van der Waals surface area contributed by atoms with Gasteiger partial charge < -0.3 is 9.84 Å². The maximum Gasteiger partial charge on any atom is 0.411 e. The van der Waals surface area contributed by atoms with Crippen molar-refractivity contribution in [3.8, 4) is 22.5 Å². The van der Waals surface area contributed by atoms with Gasteiger partial charge in [0, 0.05) is 23.7 Å². The number of amides is 1. The van der Waals surface area contributed by atoms with Crippen molar-refractivity contribution in [3.63, 3.8) is 0 Å². The topological polar surface area (TPSA) is 106 Å². The molecule has 2 aliphatic rings. The van der Waals surface area contributed by atoms with E-state index in [0.29, 0.717) is 35.9 Å². The molecule has 1 unspecified atom stereocenters. The van der Waals surface area contributed by atoms with E-state index in [0.717, 1.165) is 17.5 Å². The summed E-state index contributed by atoms with van der Waals surface area (Å²) in [6, 6.07) is 23.6. The van der Waals surface area contributed by atoms with E-state index in [1.165, 1.54) is 11.1 Å². The van der Waals surface area contributed by atoms with E-state index in [-0.39, 0.29) is 12.5 Å². The van der Waals surface area contributed by atoms with Crippen LogP contribution in [0.25, 0.3) is 22.5 Å². The molecule has 1 aromatic heterocycles. The van der Waals surface area contributed by atoms with Crippen LogP contribution in [-0.2, 0) is 16.1 Å². The molecule has 0 spiro atoms. The van der Waals surface area contributed by atoms with Gasteiger partial charge in [-0.15, -0.1) is 0 Å². The van der Waals surface area contributed by atoms with Gasteiger partial charge in [0.05, 0.1) is 0 Å². The fourth-order valence-corrected chi connectivity index (χ4v) is 5.20. The number of anilines is 1. The monoisotopic (exact) mass is 480 g/mol. The van der Waals surface area contributed by atoms with Crippen molar-refractivity contribution >= 4 is 17.7 Å². The molecule has 8 heteroatoms. The Morgan fingerprint density at radius 2 is 1.72 bits per heavy atom. The third-order valence-corrected chi connectivity index (χ3v) is 6.88. The van der Waals surface area contributed by atoms with Gasteiger partial charge in [-0.2, -0.15) is 5.10 Å². The lowest BCUT2D eigenvalue weighted by Gasteiger charge is -2.17. The first-order valence-electron chi connectivity index (χ1n) is 12.0. The highest BCUT2D eigenvalue weighted by Gasteiger charge is 2.31. The highest BCUT2D eigenvalue weighted by Crippen LogP contribution is 2.44. The summed E-state index contributed by atoms with van der Waals surface area (Å²) >= 11 is 0. The zero-order chi connectivity index (χ0) is 24.6. The number of benzene rings is 3. The Morgan fingerprint density at radius 1 is 1.00 bits per heavy atom. The molecule has 0 saturated heterocycles. The summed E-state index contributed by atoms with van der Waals surface area (Å²) in [5.41, 5.74) is 5.90. The lowest BCUT2D eigenvalue weighted by molar-refractivity contribution is -0.139. The molecule has 1 amide bonds. The molecular formula is C28H24N4O4. The summed E-state index contributed by atoms with van der Waals surface area (Å²) in [7, 11) is 0. The molecule has 8 nitrogen and oxygen atoms in total. The second kappa shape index (κ2) is 8.96. The zero-order valence-corrected chi connectivity index (χ0v) is 19.4. The number of carbonyl (C=O) groups excluding carboxylic acids is 1. The Kier molecular flexibility index (Phi) is 5.48. The fourth-order valence-electron chi connectivity index (χ4n) is 5.20. The van der Waals surface area contributed by atoms with E-state index >= 15 is 0 Å². The van der Waals surface area contributed by atoms with Crippen LogP contribution in [0, 0.1) is 0 Å². The Bertz CT molecular complexity index is 1430. The van der Waals surface area contributed by atoms with Crippen molar-refractivity contribution in [2.75, 3.05) is 11.9 Å². The molecule has 1 aliphatic carbocycles. The number of nitrogens with zero attached hydrogens (tertiary/aromatic N) is 3. The molecule has 36 heavy (non-hydrogen) atoms. The van der Waals surface area contributed by atoms with Gasteiger partial charge >= 0.3 is 12.1 Å². The van der Waals surface area contributed by atoms with Crippen LogP contribution in [0.5, 0.6) is 0 Å². The van der Waals surface area contributed by atoms with E-state index < -0.39 is 18.0 Å². The standard InChI is InChI=1S/C28H24N4O4/c33-27(34)23-13-6-14-32-26(23)30-25(31-32)17-7-5-8-18(15-17)29-28(35)36-16-24-21-11-3-1-9-19(21)20-10-2-4-12-22(20)24/h1-5,7-12,15,23-24H,6,13-14,16H2,(H,29,35)(H,33,34). The van der Waals surface area contributed by atoms with Gasteiger partial charge in [-0.05, 0) is 47.2 Å². The first kappa shape index (κ1) is 22.0. The van der Waals surface area contributed by atoms with E-state index in [4.69, 9.17) is 4.74 Å². The Morgan fingerprint density at radius 3 is 2.44 bits per heavy atom. The maximum atomic E-state index is 12.7. The average Bonchev–Trinajstić information content (AvgIpc) is 3.47.